The Labute approximate surface area is 133 Å². The quantitative estimate of drug-likeness (QED) is 0.774. The number of halogens is 2. The van der Waals surface area contributed by atoms with Gasteiger partial charge in [0.25, 0.3) is 0 Å². The highest BCUT2D eigenvalue weighted by Gasteiger charge is 2.39. The summed E-state index contributed by atoms with van der Waals surface area (Å²) in [6.07, 6.45) is 0. The average molecular weight is 403 g/mol. The second-order valence-corrected chi connectivity index (χ2v) is 6.05. The number of methoxy groups -OCH3 is 1. The molecule has 4 nitrogen and oxygen atoms in total. The number of benzene rings is 1. The van der Waals surface area contributed by atoms with Crippen molar-refractivity contribution >= 4 is 43.5 Å². The lowest BCUT2D eigenvalue weighted by atomic mass is 9.98. The van der Waals surface area contributed by atoms with Crippen LogP contribution in [0.4, 0.5) is 5.69 Å². The smallest absolute Gasteiger partial charge is 0.339 e. The summed E-state index contributed by atoms with van der Waals surface area (Å²) in [5.74, 6) is 0.0375. The Hall–Kier alpha value is -1.27. The molecule has 0 bridgehead atoms. The predicted molar refractivity (Wildman–Crippen MR) is 83.5 cm³/mol. The summed E-state index contributed by atoms with van der Waals surface area (Å²) in [7, 11) is 1.35. The van der Waals surface area contributed by atoms with Gasteiger partial charge in [-0.3, -0.25) is 0 Å². The second kappa shape index (κ2) is 6.01. The third-order valence-electron chi connectivity index (χ3n) is 2.88. The van der Waals surface area contributed by atoms with Gasteiger partial charge in [-0.1, -0.05) is 22.0 Å². The van der Waals surface area contributed by atoms with Gasteiger partial charge < -0.3 is 14.5 Å². The molecule has 0 saturated heterocycles. The molecular weight excluding hydrogens is 390 g/mol. The molecule has 0 aliphatic heterocycles. The van der Waals surface area contributed by atoms with Crippen molar-refractivity contribution in [3.8, 4) is 0 Å². The summed E-state index contributed by atoms with van der Waals surface area (Å²) in [5, 5.41) is 3.16. The molecule has 1 aromatic carbocycles. The number of hydrogen-bond donors (Lipinski definition) is 1. The second-order valence-electron chi connectivity index (χ2n) is 4.36. The number of furan rings is 1. The van der Waals surface area contributed by atoms with Gasteiger partial charge in [-0.2, -0.15) is 0 Å². The lowest BCUT2D eigenvalue weighted by Gasteiger charge is -2.27. The van der Waals surface area contributed by atoms with Crippen LogP contribution < -0.4 is 5.32 Å². The summed E-state index contributed by atoms with van der Waals surface area (Å²) in [6.45, 7) is 1.71. The Bertz CT molecular complexity index is 626. The van der Waals surface area contributed by atoms with E-state index in [1.165, 1.54) is 7.11 Å². The van der Waals surface area contributed by atoms with Gasteiger partial charge >= 0.3 is 5.97 Å². The first-order valence-electron chi connectivity index (χ1n) is 5.83. The summed E-state index contributed by atoms with van der Waals surface area (Å²) in [4.78, 5) is 12.2. The van der Waals surface area contributed by atoms with Crippen molar-refractivity contribution in [3.63, 3.8) is 0 Å². The van der Waals surface area contributed by atoms with E-state index >= 15 is 0 Å². The zero-order valence-electron chi connectivity index (χ0n) is 10.9. The molecule has 0 saturated carbocycles. The van der Waals surface area contributed by atoms with Gasteiger partial charge in [-0.05, 0) is 53.2 Å². The largest absolute Gasteiger partial charge is 0.467 e. The standard InChI is InChI=1S/C14H13Br2NO3/c1-14(13(18)19-2,11-6-7-12(16)20-11)17-10-5-3-4-9(15)8-10/h3-8,17H,1-2H3. The Balaban J connectivity index is 2.40. The van der Waals surface area contributed by atoms with E-state index in [-0.39, 0.29) is 0 Å². The van der Waals surface area contributed by atoms with Crippen LogP contribution in [-0.4, -0.2) is 13.1 Å². The number of carbonyl (C=O) groups excluding carboxylic acids is 1. The van der Waals surface area contributed by atoms with E-state index in [4.69, 9.17) is 9.15 Å². The minimum absolute atomic E-state index is 0.431. The molecule has 20 heavy (non-hydrogen) atoms. The Morgan fingerprint density at radius 3 is 2.60 bits per heavy atom. The van der Waals surface area contributed by atoms with E-state index in [1.54, 1.807) is 19.1 Å². The summed E-state index contributed by atoms with van der Waals surface area (Å²) < 4.78 is 11.9. The Morgan fingerprint density at radius 2 is 2.05 bits per heavy atom. The number of ether oxygens (including phenoxy) is 1. The molecule has 0 fully saturated rings. The van der Waals surface area contributed by atoms with Crippen LogP contribution in [-0.2, 0) is 15.1 Å². The average Bonchev–Trinajstić information content (AvgIpc) is 2.85. The third-order valence-corrected chi connectivity index (χ3v) is 3.80. The van der Waals surface area contributed by atoms with Gasteiger partial charge in [0, 0.05) is 10.2 Å². The van der Waals surface area contributed by atoms with Crippen LogP contribution in [0.25, 0.3) is 0 Å². The molecule has 0 aliphatic carbocycles. The minimum Gasteiger partial charge on any atom is -0.467 e. The van der Waals surface area contributed by atoms with Gasteiger partial charge in [-0.25, -0.2) is 4.79 Å². The molecule has 1 unspecified atom stereocenters. The van der Waals surface area contributed by atoms with Crippen molar-refractivity contribution < 1.29 is 13.9 Å². The first-order chi connectivity index (χ1) is 9.45. The van der Waals surface area contributed by atoms with Crippen LogP contribution in [0.2, 0.25) is 0 Å². The SMILES string of the molecule is COC(=O)C(C)(Nc1cccc(Br)c1)c1ccc(Br)o1. The van der Waals surface area contributed by atoms with E-state index in [2.05, 4.69) is 37.2 Å². The van der Waals surface area contributed by atoms with Gasteiger partial charge in [-0.15, -0.1) is 0 Å². The molecule has 0 radical (unpaired) electrons. The van der Waals surface area contributed by atoms with Crippen LogP contribution in [0.5, 0.6) is 0 Å². The van der Waals surface area contributed by atoms with Crippen LogP contribution in [0.1, 0.15) is 12.7 Å². The maximum Gasteiger partial charge on any atom is 0.339 e. The van der Waals surface area contributed by atoms with Gasteiger partial charge in [0.2, 0.25) is 0 Å². The van der Waals surface area contributed by atoms with Crippen LogP contribution in [0.15, 0.2) is 50.0 Å². The van der Waals surface area contributed by atoms with Crippen molar-refractivity contribution in [3.05, 3.63) is 51.3 Å². The zero-order chi connectivity index (χ0) is 14.8. The highest BCUT2D eigenvalue weighted by Crippen LogP contribution is 2.31. The summed E-state index contributed by atoms with van der Waals surface area (Å²) in [6, 6.07) is 11.0. The highest BCUT2D eigenvalue weighted by molar-refractivity contribution is 9.10. The van der Waals surface area contributed by atoms with Crippen molar-refractivity contribution in [2.75, 3.05) is 12.4 Å². The third kappa shape index (κ3) is 3.07. The van der Waals surface area contributed by atoms with E-state index in [1.807, 2.05) is 24.3 Å². The Kier molecular flexibility index (Phi) is 4.55. The van der Waals surface area contributed by atoms with E-state index < -0.39 is 11.5 Å². The number of anilines is 1. The molecule has 1 heterocycles. The van der Waals surface area contributed by atoms with E-state index in [9.17, 15) is 4.79 Å². The monoisotopic (exact) mass is 401 g/mol. The van der Waals surface area contributed by atoms with Gasteiger partial charge in [0.15, 0.2) is 10.2 Å². The van der Waals surface area contributed by atoms with E-state index in [0.29, 0.717) is 10.4 Å². The van der Waals surface area contributed by atoms with Crippen molar-refractivity contribution in [1.82, 2.24) is 0 Å². The molecule has 1 N–H and O–H groups in total. The first kappa shape index (κ1) is 15.1. The lowest BCUT2D eigenvalue weighted by Crippen LogP contribution is -2.41. The molecule has 106 valence electrons. The van der Waals surface area contributed by atoms with Crippen LogP contribution in [0, 0.1) is 0 Å². The molecule has 2 rings (SSSR count). The van der Waals surface area contributed by atoms with E-state index in [0.717, 1.165) is 10.2 Å². The number of carbonyl (C=O) groups is 1. The highest BCUT2D eigenvalue weighted by atomic mass is 79.9. The molecule has 0 amide bonds. The number of hydrogen-bond acceptors (Lipinski definition) is 4. The number of nitrogens with one attached hydrogen (secondary N) is 1. The lowest BCUT2D eigenvalue weighted by molar-refractivity contribution is -0.146. The minimum atomic E-state index is -1.11. The van der Waals surface area contributed by atoms with Crippen LogP contribution >= 0.6 is 31.9 Å². The fourth-order valence-corrected chi connectivity index (χ4v) is 2.56. The molecule has 0 aliphatic rings. The van der Waals surface area contributed by atoms with Crippen molar-refractivity contribution in [2.24, 2.45) is 0 Å². The van der Waals surface area contributed by atoms with Crippen molar-refractivity contribution in [1.29, 1.82) is 0 Å². The molecular formula is C14H13Br2NO3. The first-order valence-corrected chi connectivity index (χ1v) is 7.42. The molecule has 1 atom stereocenters. The van der Waals surface area contributed by atoms with Crippen LogP contribution in [0.3, 0.4) is 0 Å². The molecule has 6 heteroatoms. The van der Waals surface area contributed by atoms with Crippen molar-refractivity contribution in [2.45, 2.75) is 12.5 Å². The Morgan fingerprint density at radius 1 is 1.30 bits per heavy atom. The molecule has 0 spiro atoms. The maximum absolute atomic E-state index is 12.2. The topological polar surface area (TPSA) is 51.5 Å². The fourth-order valence-electron chi connectivity index (χ4n) is 1.86. The fraction of sp³-hybridized carbons (Fsp3) is 0.214. The summed E-state index contributed by atoms with van der Waals surface area (Å²) >= 11 is 6.64. The normalized spacial score (nSPS) is 13.6. The number of esters is 1. The summed E-state index contributed by atoms with van der Waals surface area (Å²) in [5.41, 5.74) is -0.332. The van der Waals surface area contributed by atoms with Gasteiger partial charge in [0.05, 0.1) is 7.11 Å². The molecule has 1 aromatic heterocycles. The zero-order valence-corrected chi connectivity index (χ0v) is 14.1. The van der Waals surface area contributed by atoms with Gasteiger partial charge in [0.1, 0.15) is 5.76 Å². The predicted octanol–water partition coefficient (Wildman–Crippen LogP) is 4.30. The molecule has 2 aromatic rings. The number of rotatable bonds is 4. The maximum atomic E-state index is 12.2.